The summed E-state index contributed by atoms with van der Waals surface area (Å²) < 4.78 is 0. The summed E-state index contributed by atoms with van der Waals surface area (Å²) in [6.45, 7) is 3.91. The molecule has 0 bridgehead atoms. The van der Waals surface area contributed by atoms with Crippen LogP contribution in [0, 0.1) is 25.2 Å². The Labute approximate surface area is 137 Å². The van der Waals surface area contributed by atoms with Crippen molar-refractivity contribution in [2.45, 2.75) is 13.8 Å². The number of allylic oxidation sites excluding steroid dienone is 1. The van der Waals surface area contributed by atoms with E-state index >= 15 is 0 Å². The minimum Gasteiger partial charge on any atom is -0.241 e. The summed E-state index contributed by atoms with van der Waals surface area (Å²) >= 11 is 7.73. The molecule has 0 aliphatic rings. The maximum atomic E-state index is 9.38. The first-order valence-electron chi connectivity index (χ1n) is 6.68. The predicted octanol–water partition coefficient (Wildman–Crippen LogP) is 5.03. The zero-order valence-electron chi connectivity index (χ0n) is 12.1. The first kappa shape index (κ1) is 14.7. The number of pyridine rings is 1. The summed E-state index contributed by atoms with van der Waals surface area (Å²) in [6.07, 6.45) is 1.75. The van der Waals surface area contributed by atoms with E-state index in [0.29, 0.717) is 15.7 Å². The summed E-state index contributed by atoms with van der Waals surface area (Å²) in [5, 5.41) is 13.4. The molecule has 0 aliphatic heterocycles. The zero-order valence-corrected chi connectivity index (χ0v) is 13.7. The summed E-state index contributed by atoms with van der Waals surface area (Å²) in [5.74, 6) is 0. The Kier molecular flexibility index (Phi) is 3.93. The predicted molar refractivity (Wildman–Crippen MR) is 91.8 cm³/mol. The summed E-state index contributed by atoms with van der Waals surface area (Å²) in [6, 6.07) is 10.1. The van der Waals surface area contributed by atoms with E-state index in [4.69, 9.17) is 11.6 Å². The lowest BCUT2D eigenvalue weighted by atomic mass is 10.1. The molecule has 0 N–H and O–H groups in total. The zero-order chi connectivity index (χ0) is 15.7. The molecule has 2 aromatic heterocycles. The Morgan fingerprint density at radius 1 is 1.32 bits per heavy atom. The molecule has 0 saturated heterocycles. The molecule has 5 heteroatoms. The normalized spacial score (nSPS) is 11.6. The van der Waals surface area contributed by atoms with E-state index in [1.54, 1.807) is 6.08 Å². The van der Waals surface area contributed by atoms with Crippen molar-refractivity contribution in [1.82, 2.24) is 9.97 Å². The third-order valence-electron chi connectivity index (χ3n) is 3.30. The van der Waals surface area contributed by atoms with Crippen molar-refractivity contribution >= 4 is 45.5 Å². The van der Waals surface area contributed by atoms with Gasteiger partial charge in [-0.15, -0.1) is 11.3 Å². The molecule has 3 rings (SSSR count). The van der Waals surface area contributed by atoms with Gasteiger partial charge in [0.2, 0.25) is 0 Å². The summed E-state index contributed by atoms with van der Waals surface area (Å²) in [7, 11) is 0. The highest BCUT2D eigenvalue weighted by molar-refractivity contribution is 7.11. The molecule has 0 spiro atoms. The van der Waals surface area contributed by atoms with E-state index in [9.17, 15) is 5.26 Å². The quantitative estimate of drug-likeness (QED) is 0.490. The Hall–Kier alpha value is -2.22. The van der Waals surface area contributed by atoms with Crippen LogP contribution in [0.15, 0.2) is 29.6 Å². The third-order valence-corrected chi connectivity index (χ3v) is 4.59. The van der Waals surface area contributed by atoms with Crippen LogP contribution in [0.5, 0.6) is 0 Å². The minimum absolute atomic E-state index is 0.392. The van der Waals surface area contributed by atoms with Crippen molar-refractivity contribution in [2.24, 2.45) is 0 Å². The minimum atomic E-state index is 0.392. The average Bonchev–Trinajstić information content (AvgIpc) is 2.92. The van der Waals surface area contributed by atoms with Gasteiger partial charge < -0.3 is 0 Å². The van der Waals surface area contributed by atoms with Gasteiger partial charge in [-0.1, -0.05) is 29.8 Å². The van der Waals surface area contributed by atoms with Crippen LogP contribution in [0.2, 0.25) is 5.15 Å². The van der Waals surface area contributed by atoms with Gasteiger partial charge in [0.1, 0.15) is 16.2 Å². The topological polar surface area (TPSA) is 49.6 Å². The van der Waals surface area contributed by atoms with Crippen LogP contribution in [-0.2, 0) is 0 Å². The number of fused-ring (bicyclic) bond motifs is 1. The number of halogens is 1. The van der Waals surface area contributed by atoms with Crippen molar-refractivity contribution < 1.29 is 0 Å². The Morgan fingerprint density at radius 2 is 2.14 bits per heavy atom. The van der Waals surface area contributed by atoms with Crippen LogP contribution in [-0.4, -0.2) is 9.97 Å². The van der Waals surface area contributed by atoms with Gasteiger partial charge >= 0.3 is 0 Å². The number of thiazole rings is 1. The van der Waals surface area contributed by atoms with E-state index in [1.165, 1.54) is 11.3 Å². The maximum absolute atomic E-state index is 9.38. The highest BCUT2D eigenvalue weighted by Gasteiger charge is 2.09. The van der Waals surface area contributed by atoms with E-state index in [-0.39, 0.29) is 0 Å². The fraction of sp³-hybridized carbons (Fsp3) is 0.118. The molecule has 108 valence electrons. The second kappa shape index (κ2) is 5.88. The number of hydrogen-bond donors (Lipinski definition) is 0. The highest BCUT2D eigenvalue weighted by Crippen LogP contribution is 2.27. The molecule has 0 fully saturated rings. The van der Waals surface area contributed by atoms with E-state index in [2.05, 4.69) is 16.0 Å². The number of aromatic nitrogens is 2. The molecular weight excluding hydrogens is 314 g/mol. The fourth-order valence-electron chi connectivity index (χ4n) is 2.22. The second-order valence-corrected chi connectivity index (χ2v) is 6.20. The first-order valence-corrected chi connectivity index (χ1v) is 7.94. The molecule has 0 saturated carbocycles. The molecule has 3 aromatic rings. The summed E-state index contributed by atoms with van der Waals surface area (Å²) in [5.41, 5.74) is 4.08. The standard InChI is InChI=1S/C17H12ClN3S/c1-10-4-3-5-12-6-13(16(18)21-15(10)12)7-14(8-19)17-20-11(2)9-22-17/h3-7,9H,1-2H3/b14-7+. The van der Waals surface area contributed by atoms with Crippen molar-refractivity contribution in [1.29, 1.82) is 5.26 Å². The van der Waals surface area contributed by atoms with Gasteiger partial charge in [-0.2, -0.15) is 5.26 Å². The van der Waals surface area contributed by atoms with E-state index in [1.807, 2.05) is 43.5 Å². The second-order valence-electron chi connectivity index (χ2n) is 4.98. The van der Waals surface area contributed by atoms with Crippen molar-refractivity contribution in [3.63, 3.8) is 0 Å². The van der Waals surface area contributed by atoms with Crippen molar-refractivity contribution in [3.8, 4) is 6.07 Å². The number of nitriles is 1. The molecule has 1 aromatic carbocycles. The summed E-state index contributed by atoms with van der Waals surface area (Å²) in [4.78, 5) is 8.80. The first-order chi connectivity index (χ1) is 10.6. The Balaban J connectivity index is 2.15. The van der Waals surface area contributed by atoms with Gasteiger partial charge in [0.05, 0.1) is 11.1 Å². The molecule has 0 atom stereocenters. The molecule has 0 unspecified atom stereocenters. The number of rotatable bonds is 2. The number of aryl methyl sites for hydroxylation is 2. The third kappa shape index (κ3) is 2.74. The molecule has 0 aliphatic carbocycles. The lowest BCUT2D eigenvalue weighted by Crippen LogP contribution is -1.89. The largest absolute Gasteiger partial charge is 0.241 e. The smallest absolute Gasteiger partial charge is 0.137 e. The highest BCUT2D eigenvalue weighted by atomic mass is 35.5. The van der Waals surface area contributed by atoms with Gasteiger partial charge in [0.15, 0.2) is 0 Å². The van der Waals surface area contributed by atoms with Crippen LogP contribution in [0.1, 0.15) is 21.8 Å². The number of nitrogens with zero attached hydrogens (tertiary/aromatic N) is 3. The maximum Gasteiger partial charge on any atom is 0.137 e. The molecule has 0 amide bonds. The van der Waals surface area contributed by atoms with Gasteiger partial charge in [0.25, 0.3) is 0 Å². The fourth-order valence-corrected chi connectivity index (χ4v) is 3.17. The van der Waals surface area contributed by atoms with Crippen LogP contribution >= 0.6 is 22.9 Å². The lowest BCUT2D eigenvalue weighted by molar-refractivity contribution is 1.25. The van der Waals surface area contributed by atoms with Crippen molar-refractivity contribution in [2.75, 3.05) is 0 Å². The number of para-hydroxylation sites is 1. The van der Waals surface area contributed by atoms with Crippen LogP contribution in [0.25, 0.3) is 22.6 Å². The SMILES string of the molecule is Cc1csc(/C(C#N)=C/c2cc3cccc(C)c3nc2Cl)n1. The van der Waals surface area contributed by atoms with Gasteiger partial charge in [-0.3, -0.25) is 0 Å². The van der Waals surface area contributed by atoms with Crippen LogP contribution in [0.4, 0.5) is 0 Å². The van der Waals surface area contributed by atoms with Crippen molar-refractivity contribution in [3.05, 3.63) is 56.6 Å². The lowest BCUT2D eigenvalue weighted by Gasteiger charge is -2.05. The van der Waals surface area contributed by atoms with Crippen LogP contribution in [0.3, 0.4) is 0 Å². The molecule has 3 nitrogen and oxygen atoms in total. The van der Waals surface area contributed by atoms with Gasteiger partial charge in [-0.25, -0.2) is 9.97 Å². The van der Waals surface area contributed by atoms with Gasteiger partial charge in [0, 0.05) is 22.0 Å². The average molecular weight is 326 g/mol. The Morgan fingerprint density at radius 3 is 2.82 bits per heavy atom. The molecule has 0 radical (unpaired) electrons. The van der Waals surface area contributed by atoms with Gasteiger partial charge in [-0.05, 0) is 31.6 Å². The molecule has 2 heterocycles. The molecule has 22 heavy (non-hydrogen) atoms. The number of benzene rings is 1. The number of hydrogen-bond acceptors (Lipinski definition) is 4. The van der Waals surface area contributed by atoms with E-state index < -0.39 is 0 Å². The van der Waals surface area contributed by atoms with Crippen LogP contribution < -0.4 is 0 Å². The van der Waals surface area contributed by atoms with E-state index in [0.717, 1.165) is 27.7 Å². The Bertz CT molecular complexity index is 935. The monoisotopic (exact) mass is 325 g/mol. The molecular formula is C17H12ClN3S.